The summed E-state index contributed by atoms with van der Waals surface area (Å²) in [6, 6.07) is 3.32. The van der Waals surface area contributed by atoms with Crippen LogP contribution in [0.3, 0.4) is 0 Å². The molecular weight excluding hydrogens is 286 g/mol. The van der Waals surface area contributed by atoms with Gasteiger partial charge in [-0.2, -0.15) is 22.0 Å². The van der Waals surface area contributed by atoms with Gasteiger partial charge in [0.1, 0.15) is 5.75 Å². The van der Waals surface area contributed by atoms with E-state index in [0.29, 0.717) is 12.1 Å². The van der Waals surface area contributed by atoms with E-state index in [9.17, 15) is 22.0 Å². The average Bonchev–Trinajstić information content (AvgIpc) is 2.15. The van der Waals surface area contributed by atoms with Gasteiger partial charge in [0.2, 0.25) is 0 Å². The molecule has 0 fully saturated rings. The molecule has 1 aromatic carbocycles. The first-order valence-corrected chi connectivity index (χ1v) is 4.79. The van der Waals surface area contributed by atoms with Crippen LogP contribution in [0.15, 0.2) is 24.3 Å². The number of alkyl halides is 5. The molecule has 0 N–H and O–H groups in total. The number of rotatable bonds is 2. The van der Waals surface area contributed by atoms with Crippen LogP contribution in [-0.2, 0) is 5.92 Å². The molecule has 0 aliphatic carbocycles. The van der Waals surface area contributed by atoms with Crippen molar-refractivity contribution in [2.75, 3.05) is 0 Å². The third-order valence-electron chi connectivity index (χ3n) is 1.83. The summed E-state index contributed by atoms with van der Waals surface area (Å²) in [5.41, 5.74) is -1.14. The minimum absolute atomic E-state index is 0. The van der Waals surface area contributed by atoms with Crippen molar-refractivity contribution < 1.29 is 26.7 Å². The van der Waals surface area contributed by atoms with Crippen LogP contribution in [0.5, 0.6) is 5.75 Å². The van der Waals surface area contributed by atoms with E-state index in [1.165, 1.54) is 6.92 Å². The van der Waals surface area contributed by atoms with Gasteiger partial charge in [-0.1, -0.05) is 0 Å². The van der Waals surface area contributed by atoms with Crippen LogP contribution in [0.25, 0.3) is 0 Å². The number of thiocarbonyl (C=S) groups is 1. The summed E-state index contributed by atoms with van der Waals surface area (Å²) in [7, 11) is 0. The van der Waals surface area contributed by atoms with Crippen LogP contribution in [0, 0.1) is 0 Å². The Labute approximate surface area is 128 Å². The quantitative estimate of drug-likeness (QED) is 0.469. The molecule has 0 saturated carbocycles. The molecule has 96 valence electrons. The van der Waals surface area contributed by atoms with Crippen LogP contribution in [0.4, 0.5) is 22.0 Å². The predicted molar refractivity (Wildman–Crippen MR) is 62.4 cm³/mol. The Morgan fingerprint density at radius 3 is 1.83 bits per heavy atom. The van der Waals surface area contributed by atoms with Gasteiger partial charge in [0.15, 0.2) is 5.05 Å². The normalized spacial score (nSPS) is 11.7. The SMILES string of the molecule is CC(=S)Oc1ccc(C(F)(F)C(F)(F)F)cc1.[NaH]. The number of ether oxygens (including phenoxy) is 1. The van der Waals surface area contributed by atoms with E-state index in [1.807, 2.05) is 0 Å². The average molecular weight is 294 g/mol. The number of hydrogen-bond acceptors (Lipinski definition) is 2. The van der Waals surface area contributed by atoms with Crippen molar-refractivity contribution in [2.24, 2.45) is 0 Å². The molecule has 0 bridgehead atoms. The Morgan fingerprint density at radius 1 is 1.06 bits per heavy atom. The summed E-state index contributed by atoms with van der Waals surface area (Å²) in [6.45, 7) is 1.45. The van der Waals surface area contributed by atoms with Crippen LogP contribution in [-0.4, -0.2) is 40.8 Å². The molecule has 0 aliphatic heterocycles. The first-order valence-electron chi connectivity index (χ1n) is 4.38. The summed E-state index contributed by atoms with van der Waals surface area (Å²) in [5.74, 6) is -4.77. The van der Waals surface area contributed by atoms with Crippen molar-refractivity contribution in [2.45, 2.75) is 19.0 Å². The summed E-state index contributed by atoms with van der Waals surface area (Å²) in [5, 5.41) is 0.139. The minimum atomic E-state index is -5.62. The van der Waals surface area contributed by atoms with Gasteiger partial charge in [-0.15, -0.1) is 0 Å². The molecular formula is C10H8F5NaOS. The monoisotopic (exact) mass is 294 g/mol. The van der Waals surface area contributed by atoms with Crippen molar-refractivity contribution >= 4 is 46.8 Å². The molecule has 0 spiro atoms. The summed E-state index contributed by atoms with van der Waals surface area (Å²) >= 11 is 4.59. The molecule has 0 saturated heterocycles. The fourth-order valence-electron chi connectivity index (χ4n) is 1.06. The van der Waals surface area contributed by atoms with Crippen molar-refractivity contribution in [1.29, 1.82) is 0 Å². The molecule has 1 nitrogen and oxygen atoms in total. The van der Waals surface area contributed by atoms with E-state index in [4.69, 9.17) is 4.74 Å². The molecule has 0 radical (unpaired) electrons. The van der Waals surface area contributed by atoms with Crippen LogP contribution < -0.4 is 4.74 Å². The molecule has 18 heavy (non-hydrogen) atoms. The van der Waals surface area contributed by atoms with Gasteiger partial charge in [0, 0.05) is 12.5 Å². The zero-order chi connectivity index (χ0) is 13.3. The second-order valence-corrected chi connectivity index (χ2v) is 3.77. The van der Waals surface area contributed by atoms with E-state index in [-0.39, 0.29) is 40.4 Å². The maximum absolute atomic E-state index is 12.9. The van der Waals surface area contributed by atoms with E-state index in [0.717, 1.165) is 12.1 Å². The first-order chi connectivity index (χ1) is 7.64. The van der Waals surface area contributed by atoms with E-state index >= 15 is 0 Å². The zero-order valence-electron chi connectivity index (χ0n) is 8.52. The third kappa shape index (κ3) is 4.15. The van der Waals surface area contributed by atoms with Crippen molar-refractivity contribution in [3.05, 3.63) is 29.8 Å². The van der Waals surface area contributed by atoms with Crippen LogP contribution >= 0.6 is 12.2 Å². The van der Waals surface area contributed by atoms with Crippen molar-refractivity contribution in [3.8, 4) is 5.75 Å². The molecule has 0 aliphatic rings. The topological polar surface area (TPSA) is 9.23 Å². The van der Waals surface area contributed by atoms with Gasteiger partial charge >= 0.3 is 41.7 Å². The third-order valence-corrected chi connectivity index (χ3v) is 1.92. The van der Waals surface area contributed by atoms with Crippen molar-refractivity contribution in [1.82, 2.24) is 0 Å². The first kappa shape index (κ1) is 17.8. The number of benzene rings is 1. The summed E-state index contributed by atoms with van der Waals surface area (Å²) in [4.78, 5) is 0. The van der Waals surface area contributed by atoms with E-state index in [1.54, 1.807) is 0 Å². The van der Waals surface area contributed by atoms with Gasteiger partial charge in [-0.05, 0) is 36.5 Å². The van der Waals surface area contributed by atoms with E-state index < -0.39 is 17.7 Å². The fourth-order valence-corrected chi connectivity index (χ4v) is 1.16. The van der Waals surface area contributed by atoms with Gasteiger partial charge < -0.3 is 4.74 Å². The molecule has 8 heteroatoms. The van der Waals surface area contributed by atoms with Gasteiger partial charge in [-0.25, -0.2) is 0 Å². The Bertz CT molecular complexity index is 415. The van der Waals surface area contributed by atoms with E-state index in [2.05, 4.69) is 12.2 Å². The Hall–Kier alpha value is -0.240. The Morgan fingerprint density at radius 2 is 1.50 bits per heavy atom. The Kier molecular flexibility index (Phi) is 6.19. The summed E-state index contributed by atoms with van der Waals surface area (Å²) < 4.78 is 66.7. The number of hydrogen-bond donors (Lipinski definition) is 0. The van der Waals surface area contributed by atoms with Crippen LogP contribution in [0.1, 0.15) is 12.5 Å². The van der Waals surface area contributed by atoms with Crippen molar-refractivity contribution in [3.63, 3.8) is 0 Å². The molecule has 0 aromatic heterocycles. The van der Waals surface area contributed by atoms with Gasteiger partial charge in [0.05, 0.1) is 0 Å². The van der Waals surface area contributed by atoms with Gasteiger partial charge in [0.25, 0.3) is 0 Å². The second kappa shape index (κ2) is 6.27. The summed E-state index contributed by atoms with van der Waals surface area (Å²) in [6.07, 6.45) is -5.62. The maximum atomic E-state index is 12.9. The zero-order valence-corrected chi connectivity index (χ0v) is 9.33. The molecule has 0 atom stereocenters. The molecule has 0 unspecified atom stereocenters. The fraction of sp³-hybridized carbons (Fsp3) is 0.300. The number of halogens is 5. The Balaban J connectivity index is 0.00000289. The standard InChI is InChI=1S/C10H7F5OS.Na.H/c1-6(17)16-8-4-2-7(3-5-8)9(11,12)10(13,14)15;;/h2-5H,1H3;;. The van der Waals surface area contributed by atoms with Crippen LogP contribution in [0.2, 0.25) is 0 Å². The molecule has 0 heterocycles. The molecule has 1 rings (SSSR count). The molecule has 0 amide bonds. The molecule has 1 aromatic rings. The predicted octanol–water partition coefficient (Wildman–Crippen LogP) is 3.42. The van der Waals surface area contributed by atoms with Gasteiger partial charge in [-0.3, -0.25) is 0 Å². The second-order valence-electron chi connectivity index (χ2n) is 3.19.